The minimum Gasteiger partial charge on any atom is -0.367 e. The van der Waals surface area contributed by atoms with Crippen LogP contribution in [0.5, 0.6) is 0 Å². The first kappa shape index (κ1) is 13.7. The molecule has 18 heavy (non-hydrogen) atoms. The average molecular weight is 268 g/mol. The number of hydrogen-bond donors (Lipinski definition) is 1. The summed E-state index contributed by atoms with van der Waals surface area (Å²) in [5.41, 5.74) is 1.84. The quantitative estimate of drug-likeness (QED) is 0.907. The summed E-state index contributed by atoms with van der Waals surface area (Å²) in [6.45, 7) is 6.13. The molecule has 0 spiro atoms. The van der Waals surface area contributed by atoms with Gasteiger partial charge in [0.05, 0.1) is 5.69 Å². The molecule has 1 fully saturated rings. The summed E-state index contributed by atoms with van der Waals surface area (Å²) in [6, 6.07) is 5.55. The van der Waals surface area contributed by atoms with Gasteiger partial charge < -0.3 is 10.2 Å². The molecule has 100 valence electrons. The fraction of sp³-hybridized carbons (Fsp3) is 0.571. The number of nitrogens with zero attached hydrogens (tertiary/aromatic N) is 1. The molecule has 0 radical (unpaired) electrons. The first-order chi connectivity index (χ1) is 8.63. The summed E-state index contributed by atoms with van der Waals surface area (Å²) in [4.78, 5) is 2.19. The maximum absolute atomic E-state index is 14.2. The third-order valence-corrected chi connectivity index (χ3v) is 4.61. The first-order valence-electron chi connectivity index (χ1n) is 6.45. The van der Waals surface area contributed by atoms with Crippen molar-refractivity contribution in [3.05, 3.63) is 29.6 Å². The molecule has 0 saturated carbocycles. The van der Waals surface area contributed by atoms with Crippen LogP contribution in [-0.2, 0) is 0 Å². The standard InChI is InChI=1S/C14H21FN2S/c1-10-9-17(7-8-18-10)14-12(11(2)16-3)5-4-6-13(14)15/h4-6,10-11,16H,7-9H2,1-3H3. The molecule has 1 heterocycles. The van der Waals surface area contributed by atoms with Crippen LogP contribution in [0.25, 0.3) is 0 Å². The van der Waals surface area contributed by atoms with E-state index in [0.29, 0.717) is 5.25 Å². The van der Waals surface area contributed by atoms with Crippen LogP contribution in [0, 0.1) is 5.82 Å². The van der Waals surface area contributed by atoms with Crippen LogP contribution in [0.4, 0.5) is 10.1 Å². The van der Waals surface area contributed by atoms with Crippen LogP contribution >= 0.6 is 11.8 Å². The lowest BCUT2D eigenvalue weighted by Gasteiger charge is -2.34. The molecule has 0 amide bonds. The second kappa shape index (κ2) is 5.93. The van der Waals surface area contributed by atoms with Crippen LogP contribution < -0.4 is 10.2 Å². The summed E-state index contributed by atoms with van der Waals surface area (Å²) in [6.07, 6.45) is 0. The Kier molecular flexibility index (Phi) is 4.51. The van der Waals surface area contributed by atoms with E-state index in [1.807, 2.05) is 24.9 Å². The Balaban J connectivity index is 2.35. The summed E-state index contributed by atoms with van der Waals surface area (Å²) >= 11 is 1.96. The Morgan fingerprint density at radius 3 is 2.94 bits per heavy atom. The molecule has 2 rings (SSSR count). The molecular formula is C14H21FN2S. The van der Waals surface area contributed by atoms with Crippen molar-refractivity contribution >= 4 is 17.4 Å². The highest BCUT2D eigenvalue weighted by Gasteiger charge is 2.23. The highest BCUT2D eigenvalue weighted by atomic mass is 32.2. The van der Waals surface area contributed by atoms with Crippen molar-refractivity contribution in [1.82, 2.24) is 5.32 Å². The molecule has 0 aliphatic carbocycles. The van der Waals surface area contributed by atoms with E-state index >= 15 is 0 Å². The Labute approximate surface area is 113 Å². The second-order valence-corrected chi connectivity index (χ2v) is 6.36. The third-order valence-electron chi connectivity index (χ3n) is 3.47. The molecule has 0 aromatic heterocycles. The average Bonchev–Trinajstić information content (AvgIpc) is 2.37. The molecule has 2 atom stereocenters. The molecule has 4 heteroatoms. The molecule has 1 aromatic rings. The van der Waals surface area contributed by atoms with Crippen LogP contribution in [0.1, 0.15) is 25.5 Å². The summed E-state index contributed by atoms with van der Waals surface area (Å²) in [5, 5.41) is 3.77. The second-order valence-electron chi connectivity index (χ2n) is 4.82. The zero-order valence-electron chi connectivity index (χ0n) is 11.2. The molecule has 1 saturated heterocycles. The number of nitrogens with one attached hydrogen (secondary N) is 1. The Bertz CT molecular complexity index is 411. The van der Waals surface area contributed by atoms with Crippen molar-refractivity contribution in [3.63, 3.8) is 0 Å². The molecule has 1 aromatic carbocycles. The third kappa shape index (κ3) is 2.81. The van der Waals surface area contributed by atoms with E-state index in [2.05, 4.69) is 24.1 Å². The van der Waals surface area contributed by atoms with Gasteiger partial charge in [0.2, 0.25) is 0 Å². The van der Waals surface area contributed by atoms with E-state index in [9.17, 15) is 4.39 Å². The van der Waals surface area contributed by atoms with Crippen LogP contribution in [0.2, 0.25) is 0 Å². The van der Waals surface area contributed by atoms with Gasteiger partial charge in [0.25, 0.3) is 0 Å². The minimum absolute atomic E-state index is 0.103. The van der Waals surface area contributed by atoms with Crippen molar-refractivity contribution in [2.75, 3.05) is 30.8 Å². The van der Waals surface area contributed by atoms with E-state index in [1.54, 1.807) is 12.1 Å². The SMILES string of the molecule is CNC(C)c1cccc(F)c1N1CCSC(C)C1. The lowest BCUT2D eigenvalue weighted by molar-refractivity contribution is 0.596. The van der Waals surface area contributed by atoms with Gasteiger partial charge in [-0.15, -0.1) is 0 Å². The largest absolute Gasteiger partial charge is 0.367 e. The monoisotopic (exact) mass is 268 g/mol. The van der Waals surface area contributed by atoms with Gasteiger partial charge in [0.1, 0.15) is 5.82 Å². The number of hydrogen-bond acceptors (Lipinski definition) is 3. The molecular weight excluding hydrogens is 247 g/mol. The number of anilines is 1. The van der Waals surface area contributed by atoms with Crippen molar-refractivity contribution in [2.24, 2.45) is 0 Å². The van der Waals surface area contributed by atoms with Gasteiger partial charge in [0.15, 0.2) is 0 Å². The van der Waals surface area contributed by atoms with Gasteiger partial charge in [-0.3, -0.25) is 0 Å². The highest BCUT2D eigenvalue weighted by molar-refractivity contribution is 8.00. The van der Waals surface area contributed by atoms with Crippen molar-refractivity contribution in [2.45, 2.75) is 25.1 Å². The topological polar surface area (TPSA) is 15.3 Å². The molecule has 1 aliphatic heterocycles. The Morgan fingerprint density at radius 1 is 1.50 bits per heavy atom. The van der Waals surface area contributed by atoms with Crippen molar-refractivity contribution in [1.29, 1.82) is 0 Å². The van der Waals surface area contributed by atoms with E-state index in [1.165, 1.54) is 0 Å². The van der Waals surface area contributed by atoms with Gasteiger partial charge in [-0.05, 0) is 25.6 Å². The molecule has 1 N–H and O–H groups in total. The summed E-state index contributed by atoms with van der Waals surface area (Å²) in [5.74, 6) is 0.969. The summed E-state index contributed by atoms with van der Waals surface area (Å²) < 4.78 is 14.2. The van der Waals surface area contributed by atoms with Gasteiger partial charge in [0, 0.05) is 30.1 Å². The number of thioether (sulfide) groups is 1. The zero-order chi connectivity index (χ0) is 13.1. The molecule has 0 bridgehead atoms. The zero-order valence-corrected chi connectivity index (χ0v) is 12.1. The van der Waals surface area contributed by atoms with Gasteiger partial charge >= 0.3 is 0 Å². The van der Waals surface area contributed by atoms with Crippen LogP contribution in [0.3, 0.4) is 0 Å². The van der Waals surface area contributed by atoms with Crippen LogP contribution in [-0.4, -0.2) is 31.1 Å². The van der Waals surface area contributed by atoms with Gasteiger partial charge in [-0.2, -0.15) is 11.8 Å². The predicted molar refractivity (Wildman–Crippen MR) is 78.0 cm³/mol. The summed E-state index contributed by atoms with van der Waals surface area (Å²) in [7, 11) is 1.91. The van der Waals surface area contributed by atoms with Gasteiger partial charge in [-0.25, -0.2) is 4.39 Å². The van der Waals surface area contributed by atoms with E-state index in [0.717, 1.165) is 30.1 Å². The van der Waals surface area contributed by atoms with Crippen molar-refractivity contribution in [3.8, 4) is 0 Å². The van der Waals surface area contributed by atoms with Crippen molar-refractivity contribution < 1.29 is 4.39 Å². The Hall–Kier alpha value is -0.740. The molecule has 2 unspecified atom stereocenters. The molecule has 2 nitrogen and oxygen atoms in total. The van der Waals surface area contributed by atoms with Crippen LogP contribution in [0.15, 0.2) is 18.2 Å². The minimum atomic E-state index is -0.103. The lowest BCUT2D eigenvalue weighted by atomic mass is 10.0. The number of rotatable bonds is 3. The fourth-order valence-corrected chi connectivity index (χ4v) is 3.41. The highest BCUT2D eigenvalue weighted by Crippen LogP contribution is 2.32. The van der Waals surface area contributed by atoms with E-state index in [4.69, 9.17) is 0 Å². The maximum atomic E-state index is 14.2. The number of benzene rings is 1. The molecule has 1 aliphatic rings. The first-order valence-corrected chi connectivity index (χ1v) is 7.50. The Morgan fingerprint density at radius 2 is 2.28 bits per heavy atom. The maximum Gasteiger partial charge on any atom is 0.146 e. The fourth-order valence-electron chi connectivity index (χ4n) is 2.39. The smallest absolute Gasteiger partial charge is 0.146 e. The lowest BCUT2D eigenvalue weighted by Crippen LogP contribution is -2.38. The van der Waals surface area contributed by atoms with E-state index in [-0.39, 0.29) is 11.9 Å². The normalized spacial score (nSPS) is 22.0. The van der Waals surface area contributed by atoms with E-state index < -0.39 is 0 Å². The number of halogens is 1. The van der Waals surface area contributed by atoms with Gasteiger partial charge in [-0.1, -0.05) is 19.1 Å². The number of para-hydroxylation sites is 1. The predicted octanol–water partition coefficient (Wildman–Crippen LogP) is 3.05.